The molecule has 2 aromatic carbocycles. The maximum absolute atomic E-state index is 13.2. The Morgan fingerprint density at radius 2 is 1.97 bits per heavy atom. The average Bonchev–Trinajstić information content (AvgIpc) is 3.08. The van der Waals surface area contributed by atoms with Gasteiger partial charge in [0, 0.05) is 23.4 Å². The Kier molecular flexibility index (Phi) is 4.82. The first kappa shape index (κ1) is 18.4. The second-order valence-corrected chi connectivity index (χ2v) is 6.36. The van der Waals surface area contributed by atoms with E-state index in [1.165, 1.54) is 30.3 Å². The summed E-state index contributed by atoms with van der Waals surface area (Å²) < 4.78 is 25.3. The molecule has 0 aliphatic heterocycles. The van der Waals surface area contributed by atoms with Gasteiger partial charge in [-0.15, -0.1) is 4.57 Å². The summed E-state index contributed by atoms with van der Waals surface area (Å²) in [4.78, 5) is 28.5. The summed E-state index contributed by atoms with van der Waals surface area (Å²) in [7, 11) is 0. The molecule has 2 aromatic heterocycles. The zero-order valence-corrected chi connectivity index (χ0v) is 15.4. The number of nitrogens with one attached hydrogen (secondary N) is 1. The normalized spacial score (nSPS) is 10.8. The SMILES string of the molecule is Cc1cc2nc(COc3ccc(NC(=O)c4cccc(F)c4)cc3)cc(=O)n2o1. The predicted octanol–water partition coefficient (Wildman–Crippen LogP) is 3.57. The van der Waals surface area contributed by atoms with E-state index in [0.29, 0.717) is 28.5 Å². The number of anilines is 1. The molecule has 0 saturated heterocycles. The molecule has 0 aliphatic rings. The summed E-state index contributed by atoms with van der Waals surface area (Å²) in [6.07, 6.45) is 0. The van der Waals surface area contributed by atoms with Gasteiger partial charge in [-0.25, -0.2) is 9.37 Å². The van der Waals surface area contributed by atoms with E-state index < -0.39 is 11.7 Å². The second kappa shape index (κ2) is 7.59. The molecular weight excluding hydrogens is 377 g/mol. The van der Waals surface area contributed by atoms with E-state index in [0.717, 1.165) is 4.57 Å². The highest BCUT2D eigenvalue weighted by atomic mass is 19.1. The van der Waals surface area contributed by atoms with E-state index in [1.807, 2.05) is 0 Å². The number of carbonyl (C=O) groups is 1. The molecule has 7 nitrogen and oxygen atoms in total. The Morgan fingerprint density at radius 1 is 1.17 bits per heavy atom. The third-order valence-corrected chi connectivity index (χ3v) is 4.11. The lowest BCUT2D eigenvalue weighted by molar-refractivity contribution is 0.102. The van der Waals surface area contributed by atoms with E-state index in [1.54, 1.807) is 37.3 Å². The van der Waals surface area contributed by atoms with Crippen molar-refractivity contribution in [1.29, 1.82) is 0 Å². The molecule has 1 N–H and O–H groups in total. The lowest BCUT2D eigenvalue weighted by Crippen LogP contribution is -2.14. The molecule has 4 aromatic rings. The van der Waals surface area contributed by atoms with Crippen molar-refractivity contribution in [2.24, 2.45) is 0 Å². The van der Waals surface area contributed by atoms with Crippen molar-refractivity contribution in [3.05, 3.63) is 93.9 Å². The molecule has 0 atom stereocenters. The van der Waals surface area contributed by atoms with Gasteiger partial charge >= 0.3 is 0 Å². The number of rotatable bonds is 5. The molecule has 8 heteroatoms. The lowest BCUT2D eigenvalue weighted by Gasteiger charge is -2.08. The van der Waals surface area contributed by atoms with Crippen LogP contribution in [0.4, 0.5) is 10.1 Å². The number of ether oxygens (including phenoxy) is 1. The number of halogens is 1. The minimum atomic E-state index is -0.474. The van der Waals surface area contributed by atoms with Gasteiger partial charge in [-0.1, -0.05) is 6.07 Å². The van der Waals surface area contributed by atoms with Crippen LogP contribution >= 0.6 is 0 Å². The van der Waals surface area contributed by atoms with Crippen molar-refractivity contribution < 1.29 is 18.4 Å². The molecule has 0 bridgehead atoms. The topological polar surface area (TPSA) is 85.8 Å². The Hall–Kier alpha value is -3.94. The maximum Gasteiger partial charge on any atom is 0.287 e. The van der Waals surface area contributed by atoms with Gasteiger partial charge in [0.15, 0.2) is 5.65 Å². The largest absolute Gasteiger partial charge is 0.487 e. The number of fused-ring (bicyclic) bond motifs is 1. The van der Waals surface area contributed by atoms with Crippen LogP contribution in [0.25, 0.3) is 5.65 Å². The van der Waals surface area contributed by atoms with Gasteiger partial charge in [0.2, 0.25) is 0 Å². The van der Waals surface area contributed by atoms with Crippen molar-refractivity contribution in [3.63, 3.8) is 0 Å². The number of amides is 1. The molecule has 0 fully saturated rings. The maximum atomic E-state index is 13.2. The van der Waals surface area contributed by atoms with E-state index in [2.05, 4.69) is 10.3 Å². The van der Waals surface area contributed by atoms with Crippen LogP contribution in [-0.2, 0) is 6.61 Å². The fourth-order valence-corrected chi connectivity index (χ4v) is 2.77. The van der Waals surface area contributed by atoms with Crippen LogP contribution < -0.4 is 15.6 Å². The molecule has 0 radical (unpaired) electrons. The molecule has 29 heavy (non-hydrogen) atoms. The van der Waals surface area contributed by atoms with Gasteiger partial charge in [-0.2, -0.15) is 0 Å². The van der Waals surface area contributed by atoms with Crippen LogP contribution in [0.2, 0.25) is 0 Å². The molecule has 2 heterocycles. The Balaban J connectivity index is 1.41. The van der Waals surface area contributed by atoms with Crippen LogP contribution in [0, 0.1) is 12.7 Å². The van der Waals surface area contributed by atoms with Crippen LogP contribution in [-0.4, -0.2) is 15.5 Å². The minimum absolute atomic E-state index is 0.102. The second-order valence-electron chi connectivity index (χ2n) is 6.36. The van der Waals surface area contributed by atoms with Crippen LogP contribution in [0.1, 0.15) is 21.8 Å². The first-order valence-electron chi connectivity index (χ1n) is 8.77. The van der Waals surface area contributed by atoms with E-state index in [-0.39, 0.29) is 17.7 Å². The fraction of sp³-hybridized carbons (Fsp3) is 0.0952. The summed E-state index contributed by atoms with van der Waals surface area (Å²) in [5.41, 5.74) is 1.34. The third-order valence-electron chi connectivity index (χ3n) is 4.11. The third kappa shape index (κ3) is 4.16. The van der Waals surface area contributed by atoms with Crippen LogP contribution in [0.15, 0.2) is 70.0 Å². The van der Waals surface area contributed by atoms with Crippen molar-refractivity contribution in [1.82, 2.24) is 9.56 Å². The highest BCUT2D eigenvalue weighted by molar-refractivity contribution is 6.04. The van der Waals surface area contributed by atoms with Crippen molar-refractivity contribution in [3.8, 4) is 5.75 Å². The summed E-state index contributed by atoms with van der Waals surface area (Å²) in [6, 6.07) is 15.1. The molecule has 4 rings (SSSR count). The summed E-state index contributed by atoms with van der Waals surface area (Å²) in [6.45, 7) is 1.84. The molecule has 0 saturated carbocycles. The number of benzene rings is 2. The average molecular weight is 393 g/mol. The van der Waals surface area contributed by atoms with Crippen molar-refractivity contribution >= 4 is 17.2 Å². The fourth-order valence-electron chi connectivity index (χ4n) is 2.77. The number of hydrogen-bond acceptors (Lipinski definition) is 5. The molecule has 1 amide bonds. The zero-order valence-electron chi connectivity index (χ0n) is 15.4. The van der Waals surface area contributed by atoms with Crippen molar-refractivity contribution in [2.45, 2.75) is 13.5 Å². The Labute approximate surface area is 164 Å². The van der Waals surface area contributed by atoms with Crippen LogP contribution in [0.5, 0.6) is 5.75 Å². The van der Waals surface area contributed by atoms with Gasteiger partial charge in [-0.3, -0.25) is 9.59 Å². The summed E-state index contributed by atoms with van der Waals surface area (Å²) in [5.74, 6) is 0.243. The Morgan fingerprint density at radius 3 is 2.72 bits per heavy atom. The highest BCUT2D eigenvalue weighted by Gasteiger charge is 2.09. The zero-order chi connectivity index (χ0) is 20.4. The standard InChI is InChI=1S/C21H16FN3O4/c1-13-9-19-23-17(11-20(26)25(19)29-13)12-28-18-7-5-16(6-8-18)24-21(27)14-3-2-4-15(22)10-14/h2-11H,12H2,1H3,(H,24,27). The smallest absolute Gasteiger partial charge is 0.287 e. The monoisotopic (exact) mass is 393 g/mol. The Bertz CT molecular complexity index is 1250. The number of carbonyl (C=O) groups excluding carboxylic acids is 1. The lowest BCUT2D eigenvalue weighted by atomic mass is 10.2. The van der Waals surface area contributed by atoms with Gasteiger partial charge in [0.1, 0.15) is 23.9 Å². The molecule has 0 aliphatic carbocycles. The van der Waals surface area contributed by atoms with E-state index in [4.69, 9.17) is 9.26 Å². The van der Waals surface area contributed by atoms with Gasteiger partial charge < -0.3 is 14.6 Å². The van der Waals surface area contributed by atoms with Gasteiger partial charge in [0.05, 0.1) is 5.69 Å². The number of aromatic nitrogens is 2. The van der Waals surface area contributed by atoms with E-state index in [9.17, 15) is 14.0 Å². The quantitative estimate of drug-likeness (QED) is 0.560. The summed E-state index contributed by atoms with van der Waals surface area (Å²) >= 11 is 0. The minimum Gasteiger partial charge on any atom is -0.487 e. The van der Waals surface area contributed by atoms with Gasteiger partial charge in [-0.05, 0) is 49.4 Å². The van der Waals surface area contributed by atoms with E-state index >= 15 is 0 Å². The molecule has 146 valence electrons. The highest BCUT2D eigenvalue weighted by Crippen LogP contribution is 2.18. The molecule has 0 spiro atoms. The molecule has 0 unspecified atom stereocenters. The van der Waals surface area contributed by atoms with Gasteiger partial charge in [0.25, 0.3) is 11.5 Å². The molecular formula is C21H16FN3O4. The van der Waals surface area contributed by atoms with Crippen LogP contribution in [0.3, 0.4) is 0 Å². The first-order valence-corrected chi connectivity index (χ1v) is 8.77. The van der Waals surface area contributed by atoms with Crippen molar-refractivity contribution in [2.75, 3.05) is 5.32 Å². The number of aryl methyl sites for hydroxylation is 1. The number of hydrogen-bond donors (Lipinski definition) is 1. The summed E-state index contributed by atoms with van der Waals surface area (Å²) in [5, 5.41) is 2.69. The first-order chi connectivity index (χ1) is 14.0. The number of nitrogens with zero attached hydrogens (tertiary/aromatic N) is 2. The predicted molar refractivity (Wildman–Crippen MR) is 104 cm³/mol.